The molecule has 158 valence electrons. The van der Waals surface area contributed by atoms with Crippen LogP contribution in [0.5, 0.6) is 0 Å². The summed E-state index contributed by atoms with van der Waals surface area (Å²) in [4.78, 5) is 11.5. The van der Waals surface area contributed by atoms with Crippen molar-refractivity contribution in [1.29, 1.82) is 0 Å². The van der Waals surface area contributed by atoms with Crippen LogP contribution in [0.1, 0.15) is 6.92 Å². The summed E-state index contributed by atoms with van der Waals surface area (Å²) < 4.78 is 41.6. The third-order valence-electron chi connectivity index (χ3n) is 3.65. The smallest absolute Gasteiger partial charge is 0.372 e. The molecule has 0 aromatic carbocycles. The van der Waals surface area contributed by atoms with Crippen LogP contribution in [0, 0.1) is 0 Å². The van der Waals surface area contributed by atoms with Gasteiger partial charge in [-0.2, -0.15) is 4.57 Å². The van der Waals surface area contributed by atoms with Gasteiger partial charge < -0.3 is 26.3 Å². The van der Waals surface area contributed by atoms with E-state index >= 15 is 0 Å². The lowest BCUT2D eigenvalue weighted by Gasteiger charge is -1.98. The molecule has 0 aliphatic rings. The van der Waals surface area contributed by atoms with Crippen LogP contribution in [0.3, 0.4) is 0 Å². The van der Waals surface area contributed by atoms with Crippen molar-refractivity contribution in [3.05, 3.63) is 48.9 Å². The van der Waals surface area contributed by atoms with Crippen molar-refractivity contribution in [1.82, 2.24) is 9.61 Å². The molecule has 3 rings (SSSR count). The average Bonchev–Trinajstić information content (AvgIpc) is 3.00. The Morgan fingerprint density at radius 1 is 1.24 bits per heavy atom. The van der Waals surface area contributed by atoms with Crippen LogP contribution < -0.4 is 26.1 Å². The predicted molar refractivity (Wildman–Crippen MR) is 95.3 cm³/mol. The van der Waals surface area contributed by atoms with Crippen molar-refractivity contribution in [2.45, 2.75) is 13.5 Å². The lowest BCUT2D eigenvalue weighted by molar-refractivity contribution is -0.686. The number of pyridine rings is 2. The zero-order valence-electron chi connectivity index (χ0n) is 16.1. The summed E-state index contributed by atoms with van der Waals surface area (Å²) in [6, 6.07) is 9.84. The van der Waals surface area contributed by atoms with Gasteiger partial charge in [-0.1, -0.05) is 10.6 Å². The van der Waals surface area contributed by atoms with E-state index in [2.05, 4.69) is 9.28 Å². The zero-order chi connectivity index (χ0) is 20.7. The fourth-order valence-electron chi connectivity index (χ4n) is 2.37. The highest BCUT2D eigenvalue weighted by Crippen LogP contribution is 2.12. The van der Waals surface area contributed by atoms with Crippen LogP contribution in [0.2, 0.25) is 0 Å². The van der Waals surface area contributed by atoms with Crippen molar-refractivity contribution in [3.63, 3.8) is 0 Å². The monoisotopic (exact) mass is 488 g/mol. The highest BCUT2D eigenvalue weighted by molar-refractivity contribution is 7.80. The number of hydrogen-bond acceptors (Lipinski definition) is 7. The average molecular weight is 489 g/mol. The van der Waals surface area contributed by atoms with Gasteiger partial charge in [0.2, 0.25) is 16.9 Å². The van der Waals surface area contributed by atoms with E-state index in [1.54, 1.807) is 11.5 Å². The molecule has 0 bridgehead atoms. The quantitative estimate of drug-likeness (QED) is 0.160. The van der Waals surface area contributed by atoms with Crippen LogP contribution in [0.15, 0.2) is 48.9 Å². The molecule has 0 aliphatic heterocycles. The summed E-state index contributed by atoms with van der Waals surface area (Å²) >= 11 is 0. The number of halogens is 1. The minimum absolute atomic E-state index is 0. The molecule has 0 N–H and O–H groups in total. The SMILES string of the molecule is CCOC(=O)C[n+]1ccc(-c2nn3ccccc3[n+]2C)cc1.COS(=O)(=O)[O-].[Br-]. The fourth-order valence-corrected chi connectivity index (χ4v) is 2.37. The number of fused-ring (bicyclic) bond motifs is 1. The standard InChI is InChI=1S/C16H18N4O2.CH4O4S.BrH/c1-3-22-15(21)12-19-10-7-13(8-11-19)16-17-20-9-5-4-6-14(20)18(16)2;1-5-6(2,3)4;/h4-11H,3,12H2,1-2H3;1H3,(H,2,3,4);1H/q+2;;/p-2. The minimum atomic E-state index is -4.41. The highest BCUT2D eigenvalue weighted by Gasteiger charge is 2.19. The molecule has 0 saturated carbocycles. The van der Waals surface area contributed by atoms with E-state index in [-0.39, 0.29) is 29.5 Å². The predicted octanol–water partition coefficient (Wildman–Crippen LogP) is -3.23. The molecule has 0 amide bonds. The minimum Gasteiger partial charge on any atom is -1.00 e. The Morgan fingerprint density at radius 3 is 2.38 bits per heavy atom. The summed E-state index contributed by atoms with van der Waals surface area (Å²) in [6.45, 7) is 2.41. The number of aryl methyl sites for hydroxylation is 1. The number of hydrogen-bond donors (Lipinski definition) is 0. The summed E-state index contributed by atoms with van der Waals surface area (Å²) in [5.41, 5.74) is 2.01. The Labute approximate surface area is 179 Å². The second kappa shape index (κ2) is 11.0. The van der Waals surface area contributed by atoms with Gasteiger partial charge in [0.05, 0.1) is 31.4 Å². The summed E-state index contributed by atoms with van der Waals surface area (Å²) in [5, 5.41) is 4.58. The van der Waals surface area contributed by atoms with E-state index in [9.17, 15) is 17.8 Å². The van der Waals surface area contributed by atoms with Gasteiger partial charge in [0.15, 0.2) is 12.4 Å². The van der Waals surface area contributed by atoms with Gasteiger partial charge in [-0.05, 0) is 13.0 Å². The topological polar surface area (TPSA) is 118 Å². The van der Waals surface area contributed by atoms with Crippen molar-refractivity contribution in [3.8, 4) is 11.4 Å². The second-order valence-corrected chi connectivity index (χ2v) is 6.67. The Balaban J connectivity index is 0.000000529. The molecular formula is C17H21BrN4O6S. The summed E-state index contributed by atoms with van der Waals surface area (Å²) in [5.74, 6) is 0.632. The highest BCUT2D eigenvalue weighted by atomic mass is 79.9. The summed E-state index contributed by atoms with van der Waals surface area (Å²) in [7, 11) is -1.62. The van der Waals surface area contributed by atoms with Crippen LogP contribution in [-0.2, 0) is 37.7 Å². The molecule has 0 radical (unpaired) electrons. The Hall–Kier alpha value is -2.41. The van der Waals surface area contributed by atoms with Gasteiger partial charge >= 0.3 is 11.8 Å². The Kier molecular flexibility index (Phi) is 9.30. The van der Waals surface area contributed by atoms with Crippen LogP contribution in [-0.4, -0.2) is 42.3 Å². The first-order valence-corrected chi connectivity index (χ1v) is 9.58. The number of ether oxygens (including phenoxy) is 1. The van der Waals surface area contributed by atoms with Gasteiger partial charge in [-0.15, -0.1) is 0 Å². The number of aromatic nitrogens is 4. The van der Waals surface area contributed by atoms with E-state index in [0.29, 0.717) is 6.61 Å². The van der Waals surface area contributed by atoms with Gasteiger partial charge in [-0.3, -0.25) is 4.18 Å². The molecule has 29 heavy (non-hydrogen) atoms. The molecule has 0 fully saturated rings. The molecule has 0 saturated heterocycles. The van der Waals surface area contributed by atoms with Crippen molar-refractivity contribution < 1.29 is 52.8 Å². The van der Waals surface area contributed by atoms with Crippen molar-refractivity contribution in [2.75, 3.05) is 13.7 Å². The largest absolute Gasteiger partial charge is 1.00 e. The molecule has 10 nitrogen and oxygen atoms in total. The van der Waals surface area contributed by atoms with Crippen molar-refractivity contribution in [2.24, 2.45) is 7.05 Å². The first-order valence-electron chi connectivity index (χ1n) is 8.25. The van der Waals surface area contributed by atoms with Gasteiger partial charge in [0, 0.05) is 18.2 Å². The molecule has 3 aromatic rings. The molecular weight excluding hydrogens is 468 g/mol. The first-order chi connectivity index (χ1) is 13.2. The maximum atomic E-state index is 11.5. The van der Waals surface area contributed by atoms with Gasteiger partial charge in [0.1, 0.15) is 6.20 Å². The number of esters is 1. The third-order valence-corrected chi connectivity index (χ3v) is 4.06. The molecule has 3 aromatic heterocycles. The zero-order valence-corrected chi connectivity index (χ0v) is 18.5. The van der Waals surface area contributed by atoms with Crippen molar-refractivity contribution >= 4 is 22.0 Å². The van der Waals surface area contributed by atoms with E-state index in [0.717, 1.165) is 24.1 Å². The van der Waals surface area contributed by atoms with Crippen LogP contribution >= 0.6 is 0 Å². The lowest BCUT2D eigenvalue weighted by atomic mass is 10.2. The maximum Gasteiger partial charge on any atom is 0.372 e. The Morgan fingerprint density at radius 2 is 1.86 bits per heavy atom. The van der Waals surface area contributed by atoms with Crippen LogP contribution in [0.25, 0.3) is 17.0 Å². The third kappa shape index (κ3) is 7.16. The maximum absolute atomic E-state index is 11.5. The molecule has 0 aliphatic carbocycles. The first kappa shape index (κ1) is 24.6. The Bertz CT molecular complexity index is 1050. The van der Waals surface area contributed by atoms with Crippen LogP contribution in [0.4, 0.5) is 0 Å². The van der Waals surface area contributed by atoms with E-state index < -0.39 is 10.4 Å². The molecule has 0 unspecified atom stereocenters. The molecule has 3 heterocycles. The van der Waals surface area contributed by atoms with E-state index in [4.69, 9.17) is 4.74 Å². The second-order valence-electron chi connectivity index (χ2n) is 5.53. The van der Waals surface area contributed by atoms with Gasteiger partial charge in [-0.25, -0.2) is 17.8 Å². The number of nitrogens with zero attached hydrogens (tertiary/aromatic N) is 4. The summed E-state index contributed by atoms with van der Waals surface area (Å²) in [6.07, 6.45) is 5.63. The van der Waals surface area contributed by atoms with Gasteiger partial charge in [0.25, 0.3) is 5.65 Å². The lowest BCUT2D eigenvalue weighted by Crippen LogP contribution is -3.00. The number of rotatable bonds is 5. The molecule has 0 atom stereocenters. The fraction of sp³-hybridized carbons (Fsp3) is 0.294. The van der Waals surface area contributed by atoms with E-state index in [1.165, 1.54) is 0 Å². The molecule has 0 spiro atoms. The number of carbonyl (C=O) groups is 1. The normalized spacial score (nSPS) is 10.6. The number of carbonyl (C=O) groups excluding carboxylic acids is 1. The van der Waals surface area contributed by atoms with E-state index in [1.807, 2.05) is 65.1 Å². The molecule has 12 heteroatoms.